The molecule has 1 nitrogen and oxygen atoms in total. The van der Waals surface area contributed by atoms with Crippen molar-refractivity contribution in [1.29, 1.82) is 0 Å². The van der Waals surface area contributed by atoms with Gasteiger partial charge in [0.1, 0.15) is 5.75 Å². The second-order valence-corrected chi connectivity index (χ2v) is 10.8. The molecule has 1 aromatic rings. The molecule has 1 unspecified atom stereocenters. The first-order valence-electron chi connectivity index (χ1n) is 9.30. The number of aryl methyl sites for hydroxylation is 1. The Kier molecular flexibility index (Phi) is 4.62. The second kappa shape index (κ2) is 6.55. The number of benzene rings is 1. The van der Waals surface area contributed by atoms with Crippen LogP contribution in [-0.4, -0.2) is 20.7 Å². The van der Waals surface area contributed by atoms with E-state index in [9.17, 15) is 5.11 Å². The van der Waals surface area contributed by atoms with E-state index in [1.807, 2.05) is 12.1 Å². The van der Waals surface area contributed by atoms with Gasteiger partial charge in [0.2, 0.25) is 0 Å². The van der Waals surface area contributed by atoms with Gasteiger partial charge in [0.05, 0.1) is 4.08 Å². The van der Waals surface area contributed by atoms with Crippen molar-refractivity contribution in [2.75, 3.05) is 11.5 Å². The summed E-state index contributed by atoms with van der Waals surface area (Å²) in [7, 11) is 0. The van der Waals surface area contributed by atoms with Crippen LogP contribution in [0.3, 0.4) is 0 Å². The lowest BCUT2D eigenvalue weighted by atomic mass is 9.62. The lowest BCUT2D eigenvalue weighted by molar-refractivity contribution is 0.165. The highest BCUT2D eigenvalue weighted by Gasteiger charge is 2.49. The maximum atomic E-state index is 9.85. The number of fused-ring (bicyclic) bond motifs is 3. The summed E-state index contributed by atoms with van der Waals surface area (Å²) >= 11 is 4.50. The maximum Gasteiger partial charge on any atom is 0.115 e. The minimum atomic E-state index is 0.444. The molecule has 1 aliphatic heterocycles. The number of thioether (sulfide) groups is 2. The van der Waals surface area contributed by atoms with Crippen LogP contribution in [0, 0.1) is 11.8 Å². The van der Waals surface area contributed by atoms with Crippen LogP contribution in [0.1, 0.15) is 62.5 Å². The third kappa shape index (κ3) is 3.04. The molecular weight excluding hydrogens is 320 g/mol. The molecular formula is C20H28OS2. The molecule has 0 aromatic heterocycles. The van der Waals surface area contributed by atoms with Gasteiger partial charge in [-0.15, -0.1) is 23.5 Å². The zero-order valence-electron chi connectivity index (χ0n) is 14.1. The van der Waals surface area contributed by atoms with E-state index in [1.54, 1.807) is 5.56 Å². The third-order valence-corrected chi connectivity index (χ3v) is 9.74. The van der Waals surface area contributed by atoms with Crippen molar-refractivity contribution in [2.45, 2.75) is 61.9 Å². The average molecular weight is 349 g/mol. The minimum absolute atomic E-state index is 0.444. The fraction of sp³-hybridized carbons (Fsp3) is 0.700. The Morgan fingerprint density at radius 1 is 1.22 bits per heavy atom. The van der Waals surface area contributed by atoms with Gasteiger partial charge in [-0.25, -0.2) is 0 Å². The molecule has 1 saturated heterocycles. The fourth-order valence-electron chi connectivity index (χ4n) is 5.23. The van der Waals surface area contributed by atoms with Crippen molar-refractivity contribution in [3.63, 3.8) is 0 Å². The van der Waals surface area contributed by atoms with Crippen LogP contribution in [0.25, 0.3) is 0 Å². The standard InChI is InChI=1S/C20H28OS2/c1-2-3-4-15-12-20(22-9-10-23-20)13-19-17-8-6-16(21)11-14(17)5-7-18(15)19/h6,8,11,15,18-19,21H,2-5,7,9-10,12-13H2,1H3/t15?,18-,19+/m0/s1. The van der Waals surface area contributed by atoms with Gasteiger partial charge >= 0.3 is 0 Å². The van der Waals surface area contributed by atoms with Crippen molar-refractivity contribution >= 4 is 23.5 Å². The van der Waals surface area contributed by atoms with Crippen molar-refractivity contribution in [2.24, 2.45) is 11.8 Å². The van der Waals surface area contributed by atoms with Gasteiger partial charge < -0.3 is 5.11 Å². The second-order valence-electron chi connectivity index (χ2n) is 7.61. The Labute approximate surface area is 149 Å². The molecule has 0 bridgehead atoms. The molecule has 126 valence electrons. The van der Waals surface area contributed by atoms with Crippen molar-refractivity contribution in [1.82, 2.24) is 0 Å². The topological polar surface area (TPSA) is 20.2 Å². The molecule has 4 rings (SSSR count). The number of rotatable bonds is 3. The van der Waals surface area contributed by atoms with Gasteiger partial charge in [0.25, 0.3) is 0 Å². The molecule has 1 spiro atoms. The number of aromatic hydroxyl groups is 1. The Morgan fingerprint density at radius 3 is 2.83 bits per heavy atom. The first kappa shape index (κ1) is 16.2. The van der Waals surface area contributed by atoms with Crippen molar-refractivity contribution in [3.8, 4) is 5.75 Å². The van der Waals surface area contributed by atoms with Gasteiger partial charge in [-0.1, -0.05) is 32.3 Å². The van der Waals surface area contributed by atoms with Gasteiger partial charge in [-0.2, -0.15) is 0 Å². The van der Waals surface area contributed by atoms with E-state index in [0.717, 1.165) is 17.8 Å². The normalized spacial score (nSPS) is 31.8. The van der Waals surface area contributed by atoms with E-state index in [1.165, 1.54) is 62.0 Å². The molecule has 2 fully saturated rings. The summed E-state index contributed by atoms with van der Waals surface area (Å²) in [6.45, 7) is 2.33. The zero-order valence-corrected chi connectivity index (χ0v) is 15.7. The Morgan fingerprint density at radius 2 is 2.04 bits per heavy atom. The minimum Gasteiger partial charge on any atom is -0.508 e. The summed E-state index contributed by atoms with van der Waals surface area (Å²) in [4.78, 5) is 0. The average Bonchev–Trinajstić information content (AvgIpc) is 2.99. The number of phenols is 1. The van der Waals surface area contributed by atoms with Gasteiger partial charge in [0, 0.05) is 11.5 Å². The van der Waals surface area contributed by atoms with Gasteiger partial charge in [-0.05, 0) is 66.7 Å². The largest absolute Gasteiger partial charge is 0.508 e. The van der Waals surface area contributed by atoms with Crippen molar-refractivity contribution in [3.05, 3.63) is 29.3 Å². The first-order chi connectivity index (χ1) is 11.2. The van der Waals surface area contributed by atoms with Crippen LogP contribution in [0.5, 0.6) is 5.75 Å². The Hall–Kier alpha value is -0.280. The first-order valence-corrected chi connectivity index (χ1v) is 11.3. The van der Waals surface area contributed by atoms with E-state index in [-0.39, 0.29) is 0 Å². The third-order valence-electron chi connectivity index (χ3n) is 6.24. The van der Waals surface area contributed by atoms with E-state index in [2.05, 4.69) is 36.5 Å². The molecule has 3 atom stereocenters. The van der Waals surface area contributed by atoms with Crippen LogP contribution in [0.4, 0.5) is 0 Å². The summed E-state index contributed by atoms with van der Waals surface area (Å²) in [5.41, 5.74) is 2.98. The number of hydrogen-bond acceptors (Lipinski definition) is 3. The molecule has 1 aromatic carbocycles. The van der Waals surface area contributed by atoms with Crippen LogP contribution >= 0.6 is 23.5 Å². The Balaban J connectivity index is 1.67. The predicted molar refractivity (Wildman–Crippen MR) is 103 cm³/mol. The SMILES string of the molecule is CCCCC1CC2(C[C@@H]3c4ccc(O)cc4CC[C@@H]13)SCCS2. The van der Waals surface area contributed by atoms with E-state index >= 15 is 0 Å². The lowest BCUT2D eigenvalue weighted by Crippen LogP contribution is -2.40. The molecule has 1 saturated carbocycles. The van der Waals surface area contributed by atoms with Crippen LogP contribution in [-0.2, 0) is 6.42 Å². The molecule has 3 heteroatoms. The quantitative estimate of drug-likeness (QED) is 0.744. The number of unbranched alkanes of at least 4 members (excludes halogenated alkanes) is 1. The van der Waals surface area contributed by atoms with E-state index in [0.29, 0.717) is 9.83 Å². The molecule has 1 N–H and O–H groups in total. The molecule has 0 radical (unpaired) electrons. The Bertz CT molecular complexity index is 565. The van der Waals surface area contributed by atoms with Crippen LogP contribution in [0.15, 0.2) is 18.2 Å². The summed E-state index contributed by atoms with van der Waals surface area (Å²) in [6.07, 6.45) is 9.44. The molecule has 2 aliphatic carbocycles. The molecule has 3 aliphatic rings. The van der Waals surface area contributed by atoms with Gasteiger partial charge in [0.15, 0.2) is 0 Å². The maximum absolute atomic E-state index is 9.85. The van der Waals surface area contributed by atoms with Crippen LogP contribution < -0.4 is 0 Å². The van der Waals surface area contributed by atoms with Crippen molar-refractivity contribution < 1.29 is 5.11 Å². The summed E-state index contributed by atoms with van der Waals surface area (Å²) < 4.78 is 0.492. The summed E-state index contributed by atoms with van der Waals surface area (Å²) in [6, 6.07) is 6.18. The van der Waals surface area contributed by atoms with E-state index < -0.39 is 0 Å². The molecule has 1 heterocycles. The lowest BCUT2D eigenvalue weighted by Gasteiger charge is -2.49. The fourth-order valence-corrected chi connectivity index (χ4v) is 8.74. The highest BCUT2D eigenvalue weighted by atomic mass is 32.2. The zero-order chi connectivity index (χ0) is 15.9. The number of hydrogen-bond donors (Lipinski definition) is 1. The van der Waals surface area contributed by atoms with Gasteiger partial charge in [-0.3, -0.25) is 0 Å². The summed E-state index contributed by atoms with van der Waals surface area (Å²) in [5, 5.41) is 9.85. The van der Waals surface area contributed by atoms with E-state index in [4.69, 9.17) is 0 Å². The smallest absolute Gasteiger partial charge is 0.115 e. The molecule has 23 heavy (non-hydrogen) atoms. The highest BCUT2D eigenvalue weighted by molar-refractivity contribution is 8.21. The molecule has 0 amide bonds. The number of phenolic OH excluding ortho intramolecular Hbond substituents is 1. The predicted octanol–water partition coefficient (Wildman–Crippen LogP) is 5.81. The van der Waals surface area contributed by atoms with Crippen LogP contribution in [0.2, 0.25) is 0 Å². The monoisotopic (exact) mass is 348 g/mol. The highest BCUT2D eigenvalue weighted by Crippen LogP contribution is 2.62. The summed E-state index contributed by atoms with van der Waals surface area (Å²) in [5.74, 6) is 5.64.